The van der Waals surface area contributed by atoms with Gasteiger partial charge in [-0.2, -0.15) is 0 Å². The molecule has 92 valence electrons. The number of likely N-dealkylation sites (N-methyl/N-ethyl adjacent to an activating group) is 1. The molecule has 0 amide bonds. The van der Waals surface area contributed by atoms with E-state index in [2.05, 4.69) is 0 Å². The molecule has 0 saturated carbocycles. The van der Waals surface area contributed by atoms with Crippen molar-refractivity contribution in [2.75, 3.05) is 20.7 Å². The second-order valence-corrected chi connectivity index (χ2v) is 5.04. The number of hydrogen-bond donors (Lipinski definition) is 0. The summed E-state index contributed by atoms with van der Waals surface area (Å²) < 4.78 is 10.6. The summed E-state index contributed by atoms with van der Waals surface area (Å²) in [6.07, 6.45) is 2.46. The van der Waals surface area contributed by atoms with E-state index < -0.39 is 5.60 Å². The van der Waals surface area contributed by atoms with Crippen LogP contribution in [0.5, 0.6) is 0 Å². The molecule has 1 rings (SSSR count). The van der Waals surface area contributed by atoms with Crippen LogP contribution >= 0.6 is 0 Å². The highest BCUT2D eigenvalue weighted by molar-refractivity contribution is 5.83. The number of carbonyl (C=O) groups is 1. The van der Waals surface area contributed by atoms with Crippen LogP contribution in [0.2, 0.25) is 0 Å². The number of nitrogens with zero attached hydrogens (tertiary/aromatic N) is 1. The Kier molecular flexibility index (Phi) is 3.97. The topological polar surface area (TPSA) is 38.8 Å². The summed E-state index contributed by atoms with van der Waals surface area (Å²) in [5.74, 6) is -0.307. The molecular weight excluding hydrogens is 206 g/mol. The minimum Gasteiger partial charge on any atom is -0.457 e. The monoisotopic (exact) mass is 227 g/mol. The summed E-state index contributed by atoms with van der Waals surface area (Å²) in [4.78, 5) is 13.7. The molecule has 1 unspecified atom stereocenters. The third-order valence-electron chi connectivity index (χ3n) is 2.45. The van der Waals surface area contributed by atoms with Crippen molar-refractivity contribution in [1.29, 1.82) is 0 Å². The maximum absolute atomic E-state index is 11.6. The zero-order valence-electron chi connectivity index (χ0n) is 10.7. The molecule has 4 heteroatoms. The van der Waals surface area contributed by atoms with Crippen molar-refractivity contribution in [1.82, 2.24) is 4.90 Å². The van der Waals surface area contributed by atoms with Gasteiger partial charge in [0.15, 0.2) is 0 Å². The predicted octanol–water partition coefficient (Wildman–Crippen LogP) is 1.56. The van der Waals surface area contributed by atoms with E-state index in [0.29, 0.717) is 0 Å². The van der Waals surface area contributed by atoms with Gasteiger partial charge >= 0.3 is 5.97 Å². The smallest absolute Gasteiger partial charge is 0.333 e. The first-order chi connectivity index (χ1) is 7.33. The van der Waals surface area contributed by atoms with Crippen LogP contribution < -0.4 is 0 Å². The Labute approximate surface area is 97.2 Å². The largest absolute Gasteiger partial charge is 0.457 e. The van der Waals surface area contributed by atoms with E-state index in [9.17, 15) is 4.79 Å². The fraction of sp³-hybridized carbons (Fsp3) is 0.750. The second-order valence-electron chi connectivity index (χ2n) is 5.04. The van der Waals surface area contributed by atoms with Crippen molar-refractivity contribution in [3.63, 3.8) is 0 Å². The van der Waals surface area contributed by atoms with E-state index in [1.165, 1.54) is 6.08 Å². The van der Waals surface area contributed by atoms with Gasteiger partial charge in [-0.3, -0.25) is 0 Å². The fourth-order valence-electron chi connectivity index (χ4n) is 1.73. The summed E-state index contributed by atoms with van der Waals surface area (Å²) in [6, 6.07) is 0. The average molecular weight is 227 g/mol. The van der Waals surface area contributed by atoms with Gasteiger partial charge in [0.2, 0.25) is 0 Å². The first kappa shape index (κ1) is 13.0. The molecule has 1 fully saturated rings. The Bertz CT molecular complexity index is 291. The van der Waals surface area contributed by atoms with E-state index in [-0.39, 0.29) is 12.1 Å². The maximum Gasteiger partial charge on any atom is 0.333 e. The molecule has 0 aromatic heterocycles. The van der Waals surface area contributed by atoms with Crippen LogP contribution in [0.25, 0.3) is 0 Å². The minimum absolute atomic E-state index is 0.0116. The molecule has 4 nitrogen and oxygen atoms in total. The molecule has 1 atom stereocenters. The highest BCUT2D eigenvalue weighted by Gasteiger charge is 2.26. The standard InChI is InChI=1S/C12H21NO3/c1-12(2,3)16-11(14)8-9-10(15-5)6-7-13(9)4/h8,10H,6-7H2,1-5H3/b9-8+. The van der Waals surface area contributed by atoms with Crippen LogP contribution in [-0.4, -0.2) is 43.3 Å². The van der Waals surface area contributed by atoms with Crippen molar-refractivity contribution in [3.05, 3.63) is 11.8 Å². The van der Waals surface area contributed by atoms with Gasteiger partial charge in [-0.15, -0.1) is 0 Å². The van der Waals surface area contributed by atoms with Crippen LogP contribution in [0.3, 0.4) is 0 Å². The Hall–Kier alpha value is -1.03. The second kappa shape index (κ2) is 4.87. The van der Waals surface area contributed by atoms with Gasteiger partial charge in [0.05, 0.1) is 6.10 Å². The third-order valence-corrected chi connectivity index (χ3v) is 2.45. The molecule has 1 heterocycles. The summed E-state index contributed by atoms with van der Waals surface area (Å²) in [5.41, 5.74) is 0.449. The molecular formula is C12H21NO3. The van der Waals surface area contributed by atoms with E-state index in [1.807, 2.05) is 32.7 Å². The lowest BCUT2D eigenvalue weighted by Crippen LogP contribution is -2.24. The molecule has 0 spiro atoms. The van der Waals surface area contributed by atoms with Crippen molar-refractivity contribution >= 4 is 5.97 Å². The fourth-order valence-corrected chi connectivity index (χ4v) is 1.73. The summed E-state index contributed by atoms with van der Waals surface area (Å²) in [7, 11) is 3.61. The zero-order valence-corrected chi connectivity index (χ0v) is 10.7. The van der Waals surface area contributed by atoms with Gasteiger partial charge in [0.25, 0.3) is 0 Å². The minimum atomic E-state index is -0.451. The zero-order chi connectivity index (χ0) is 12.3. The van der Waals surface area contributed by atoms with Gasteiger partial charge < -0.3 is 14.4 Å². The maximum atomic E-state index is 11.6. The quantitative estimate of drug-likeness (QED) is 0.530. The van der Waals surface area contributed by atoms with E-state index >= 15 is 0 Å². The van der Waals surface area contributed by atoms with E-state index in [1.54, 1.807) is 7.11 Å². The number of methoxy groups -OCH3 is 1. The number of likely N-dealkylation sites (tertiary alicyclic amines) is 1. The molecule has 0 bridgehead atoms. The molecule has 0 radical (unpaired) electrons. The Morgan fingerprint density at radius 3 is 2.62 bits per heavy atom. The number of esters is 1. The molecule has 0 N–H and O–H groups in total. The van der Waals surface area contributed by atoms with E-state index in [4.69, 9.17) is 9.47 Å². The Morgan fingerprint density at radius 1 is 1.50 bits per heavy atom. The molecule has 0 aromatic rings. The number of rotatable bonds is 2. The SMILES string of the molecule is COC1CCN(C)/C1=C/C(=O)OC(C)(C)C. The molecule has 0 aliphatic carbocycles. The van der Waals surface area contributed by atoms with Gasteiger partial charge in [0, 0.05) is 32.5 Å². The lowest BCUT2D eigenvalue weighted by molar-refractivity contribution is -0.148. The first-order valence-corrected chi connectivity index (χ1v) is 5.52. The average Bonchev–Trinajstić information content (AvgIpc) is 2.44. The van der Waals surface area contributed by atoms with Gasteiger partial charge in [-0.05, 0) is 27.2 Å². The Balaban J connectivity index is 2.71. The van der Waals surface area contributed by atoms with Gasteiger partial charge in [-0.1, -0.05) is 0 Å². The van der Waals surface area contributed by atoms with Crippen molar-refractivity contribution in [2.24, 2.45) is 0 Å². The van der Waals surface area contributed by atoms with Crippen molar-refractivity contribution < 1.29 is 14.3 Å². The summed E-state index contributed by atoms with van der Waals surface area (Å²) >= 11 is 0. The van der Waals surface area contributed by atoms with Crippen molar-refractivity contribution in [2.45, 2.75) is 38.9 Å². The number of ether oxygens (including phenoxy) is 2. The Morgan fingerprint density at radius 2 is 2.12 bits per heavy atom. The van der Waals surface area contributed by atoms with Crippen LogP contribution in [0.15, 0.2) is 11.8 Å². The van der Waals surface area contributed by atoms with E-state index in [0.717, 1.165) is 18.7 Å². The highest BCUT2D eigenvalue weighted by Crippen LogP contribution is 2.22. The van der Waals surface area contributed by atoms with Crippen molar-refractivity contribution in [3.8, 4) is 0 Å². The lowest BCUT2D eigenvalue weighted by atomic mass is 10.2. The predicted molar refractivity (Wildman–Crippen MR) is 62.0 cm³/mol. The van der Waals surface area contributed by atoms with Gasteiger partial charge in [0.1, 0.15) is 5.60 Å². The molecule has 1 aliphatic rings. The van der Waals surface area contributed by atoms with Crippen LogP contribution in [0, 0.1) is 0 Å². The molecule has 1 saturated heterocycles. The highest BCUT2D eigenvalue weighted by atomic mass is 16.6. The summed E-state index contributed by atoms with van der Waals surface area (Å²) in [5, 5.41) is 0. The number of carbonyl (C=O) groups excluding carboxylic acids is 1. The molecule has 0 aromatic carbocycles. The summed E-state index contributed by atoms with van der Waals surface area (Å²) in [6.45, 7) is 6.48. The first-order valence-electron chi connectivity index (χ1n) is 5.52. The molecule has 1 aliphatic heterocycles. The normalized spacial score (nSPS) is 23.9. The third kappa shape index (κ3) is 3.52. The molecule has 16 heavy (non-hydrogen) atoms. The van der Waals surface area contributed by atoms with Gasteiger partial charge in [-0.25, -0.2) is 4.79 Å². The van der Waals surface area contributed by atoms with Crippen LogP contribution in [-0.2, 0) is 14.3 Å². The van der Waals surface area contributed by atoms with Crippen LogP contribution in [0.1, 0.15) is 27.2 Å². The lowest BCUT2D eigenvalue weighted by Gasteiger charge is -2.20. The van der Waals surface area contributed by atoms with Crippen LogP contribution in [0.4, 0.5) is 0 Å². The number of hydrogen-bond acceptors (Lipinski definition) is 4.